The summed E-state index contributed by atoms with van der Waals surface area (Å²) in [6, 6.07) is -1.41. The number of hydrogen-bond acceptors (Lipinski definition) is 4. The van der Waals surface area contributed by atoms with Crippen molar-refractivity contribution in [2.75, 3.05) is 33.2 Å². The molecular formula is C15H25F3IN5S. The van der Waals surface area contributed by atoms with Gasteiger partial charge >= 0.3 is 6.18 Å². The predicted octanol–water partition coefficient (Wildman–Crippen LogP) is 3.02. The lowest BCUT2D eigenvalue weighted by atomic mass is 10.2. The van der Waals surface area contributed by atoms with Gasteiger partial charge < -0.3 is 10.2 Å². The van der Waals surface area contributed by atoms with Crippen LogP contribution in [0.4, 0.5) is 13.2 Å². The van der Waals surface area contributed by atoms with Crippen LogP contribution in [-0.4, -0.2) is 66.2 Å². The highest BCUT2D eigenvalue weighted by Crippen LogP contribution is 2.25. The van der Waals surface area contributed by atoms with Crippen LogP contribution in [0.25, 0.3) is 0 Å². The highest BCUT2D eigenvalue weighted by atomic mass is 127. The number of piperazine rings is 1. The monoisotopic (exact) mass is 491 g/mol. The van der Waals surface area contributed by atoms with Gasteiger partial charge in [0.25, 0.3) is 0 Å². The Labute approximate surface area is 167 Å². The molecule has 2 heterocycles. The summed E-state index contributed by atoms with van der Waals surface area (Å²) in [5, 5.41) is 4.24. The van der Waals surface area contributed by atoms with Crippen molar-refractivity contribution in [2.24, 2.45) is 4.99 Å². The average molecular weight is 491 g/mol. The second-order valence-electron chi connectivity index (χ2n) is 5.89. The molecule has 0 saturated carbocycles. The van der Waals surface area contributed by atoms with Crippen LogP contribution >= 0.6 is 35.3 Å². The van der Waals surface area contributed by atoms with E-state index >= 15 is 0 Å². The molecule has 0 spiro atoms. The van der Waals surface area contributed by atoms with Gasteiger partial charge in [0.2, 0.25) is 0 Å². The number of nitrogens with zero attached hydrogens (tertiary/aromatic N) is 4. The summed E-state index contributed by atoms with van der Waals surface area (Å²) >= 11 is 1.64. The Morgan fingerprint density at radius 3 is 2.32 bits per heavy atom. The molecule has 1 aromatic heterocycles. The van der Waals surface area contributed by atoms with Gasteiger partial charge in [0.1, 0.15) is 11.0 Å². The number of aromatic nitrogens is 1. The highest BCUT2D eigenvalue weighted by Gasteiger charge is 2.41. The molecule has 1 N–H and O–H groups in total. The number of guanidine groups is 1. The lowest BCUT2D eigenvalue weighted by molar-refractivity contribution is -0.181. The van der Waals surface area contributed by atoms with Crippen LogP contribution in [0.15, 0.2) is 4.99 Å². The maximum Gasteiger partial charge on any atom is 0.403 e. The Bertz CT molecular complexity index is 563. The van der Waals surface area contributed by atoms with Crippen molar-refractivity contribution in [1.29, 1.82) is 0 Å². The van der Waals surface area contributed by atoms with Crippen molar-refractivity contribution in [1.82, 2.24) is 20.1 Å². The van der Waals surface area contributed by atoms with Gasteiger partial charge in [-0.15, -0.1) is 35.3 Å². The summed E-state index contributed by atoms with van der Waals surface area (Å²) < 4.78 is 38.4. The number of thiazole rings is 1. The SMILES string of the molecule is CN=C(NCc1nc(C)c(C)s1)N1CCN(C(C)C(F)(F)F)CC1.I. The van der Waals surface area contributed by atoms with Crippen LogP contribution < -0.4 is 5.32 Å². The molecule has 1 aromatic rings. The second-order valence-corrected chi connectivity index (χ2v) is 7.18. The highest BCUT2D eigenvalue weighted by molar-refractivity contribution is 14.0. The van der Waals surface area contributed by atoms with E-state index in [4.69, 9.17) is 0 Å². The summed E-state index contributed by atoms with van der Waals surface area (Å²) in [7, 11) is 1.69. The van der Waals surface area contributed by atoms with Crippen molar-refractivity contribution >= 4 is 41.3 Å². The molecule has 1 atom stereocenters. The zero-order valence-corrected chi connectivity index (χ0v) is 18.0. The predicted molar refractivity (Wildman–Crippen MR) is 106 cm³/mol. The number of alkyl halides is 3. The molecular weight excluding hydrogens is 466 g/mol. The molecule has 1 saturated heterocycles. The summed E-state index contributed by atoms with van der Waals surface area (Å²) in [6.07, 6.45) is -4.18. The number of aliphatic imine (C=N–C) groups is 1. The summed E-state index contributed by atoms with van der Waals surface area (Å²) in [5.41, 5.74) is 1.03. The van der Waals surface area contributed by atoms with Crippen molar-refractivity contribution < 1.29 is 13.2 Å². The number of rotatable bonds is 3. The molecule has 1 aliphatic heterocycles. The van der Waals surface area contributed by atoms with E-state index in [9.17, 15) is 13.2 Å². The van der Waals surface area contributed by atoms with E-state index in [0.29, 0.717) is 38.7 Å². The van der Waals surface area contributed by atoms with E-state index in [1.807, 2.05) is 18.7 Å². The van der Waals surface area contributed by atoms with E-state index in [-0.39, 0.29) is 24.0 Å². The molecule has 0 bridgehead atoms. The standard InChI is InChI=1S/C15H24F3N5S.HI/c1-10-11(2)24-13(21-10)9-20-14(19-4)23-7-5-22(6-8-23)12(3)15(16,17)18;/h12H,5-9H2,1-4H3,(H,19,20);1H. The van der Waals surface area contributed by atoms with Crippen molar-refractivity contribution in [3.8, 4) is 0 Å². The molecule has 0 amide bonds. The number of nitrogens with one attached hydrogen (secondary N) is 1. The summed E-state index contributed by atoms with van der Waals surface area (Å²) in [5.74, 6) is 0.708. The smallest absolute Gasteiger partial charge is 0.350 e. The third kappa shape index (κ3) is 5.95. The molecule has 25 heavy (non-hydrogen) atoms. The van der Waals surface area contributed by atoms with Crippen LogP contribution in [-0.2, 0) is 6.54 Å². The molecule has 1 unspecified atom stereocenters. The minimum atomic E-state index is -4.18. The van der Waals surface area contributed by atoms with Gasteiger partial charge in [-0.3, -0.25) is 9.89 Å². The van der Waals surface area contributed by atoms with Gasteiger partial charge in [-0.2, -0.15) is 13.2 Å². The number of halogens is 4. The van der Waals surface area contributed by atoms with Gasteiger partial charge in [-0.05, 0) is 20.8 Å². The van der Waals surface area contributed by atoms with Gasteiger partial charge in [0.05, 0.1) is 12.2 Å². The van der Waals surface area contributed by atoms with E-state index in [1.54, 1.807) is 18.4 Å². The molecule has 1 fully saturated rings. The van der Waals surface area contributed by atoms with Crippen molar-refractivity contribution in [3.05, 3.63) is 15.6 Å². The number of aryl methyl sites for hydroxylation is 2. The first kappa shape index (κ1) is 22.4. The zero-order chi connectivity index (χ0) is 17.9. The molecule has 0 radical (unpaired) electrons. The second kappa shape index (κ2) is 9.36. The minimum Gasteiger partial charge on any atom is -0.350 e. The Morgan fingerprint density at radius 2 is 1.88 bits per heavy atom. The van der Waals surface area contributed by atoms with Crippen molar-refractivity contribution in [3.63, 3.8) is 0 Å². The lowest BCUT2D eigenvalue weighted by Crippen LogP contribution is -2.56. The van der Waals surface area contributed by atoms with E-state index in [1.165, 1.54) is 16.7 Å². The first-order valence-electron chi connectivity index (χ1n) is 7.91. The minimum absolute atomic E-state index is 0. The van der Waals surface area contributed by atoms with E-state index in [2.05, 4.69) is 15.3 Å². The van der Waals surface area contributed by atoms with E-state index in [0.717, 1.165) is 10.7 Å². The van der Waals surface area contributed by atoms with Crippen LogP contribution in [0.2, 0.25) is 0 Å². The Hall–Kier alpha value is -0.620. The largest absolute Gasteiger partial charge is 0.403 e. The Balaban J connectivity index is 0.00000312. The maximum absolute atomic E-state index is 12.8. The summed E-state index contributed by atoms with van der Waals surface area (Å²) in [4.78, 5) is 13.4. The van der Waals surface area contributed by atoms with Gasteiger partial charge in [0.15, 0.2) is 5.96 Å². The molecule has 0 aromatic carbocycles. The fourth-order valence-corrected chi connectivity index (χ4v) is 3.50. The fraction of sp³-hybridized carbons (Fsp3) is 0.733. The Morgan fingerprint density at radius 1 is 1.28 bits per heavy atom. The normalized spacial score (nSPS) is 18.0. The van der Waals surface area contributed by atoms with Gasteiger partial charge in [-0.1, -0.05) is 0 Å². The molecule has 144 valence electrons. The fourth-order valence-electron chi connectivity index (χ4n) is 2.63. The van der Waals surface area contributed by atoms with E-state index < -0.39 is 12.2 Å². The van der Waals surface area contributed by atoms with Crippen molar-refractivity contribution in [2.45, 2.75) is 39.5 Å². The molecule has 1 aliphatic rings. The molecule has 10 heteroatoms. The van der Waals surface area contributed by atoms with Gasteiger partial charge in [-0.25, -0.2) is 4.98 Å². The maximum atomic E-state index is 12.8. The Kier molecular flexibility index (Phi) is 8.39. The first-order valence-corrected chi connectivity index (χ1v) is 8.73. The lowest BCUT2D eigenvalue weighted by Gasteiger charge is -2.39. The third-order valence-corrected chi connectivity index (χ3v) is 5.39. The zero-order valence-electron chi connectivity index (χ0n) is 14.9. The molecule has 2 rings (SSSR count). The van der Waals surface area contributed by atoms with Crippen LogP contribution in [0, 0.1) is 13.8 Å². The molecule has 5 nitrogen and oxygen atoms in total. The topological polar surface area (TPSA) is 43.8 Å². The average Bonchev–Trinajstić information content (AvgIpc) is 2.85. The summed E-state index contributed by atoms with van der Waals surface area (Å²) in [6.45, 7) is 7.60. The number of hydrogen-bond donors (Lipinski definition) is 1. The third-order valence-electron chi connectivity index (χ3n) is 4.32. The first-order chi connectivity index (χ1) is 11.2. The van der Waals surface area contributed by atoms with Crippen LogP contribution in [0.5, 0.6) is 0 Å². The quantitative estimate of drug-likeness (QED) is 0.401. The van der Waals surface area contributed by atoms with Crippen LogP contribution in [0.1, 0.15) is 22.5 Å². The van der Waals surface area contributed by atoms with Gasteiger partial charge in [0, 0.05) is 38.1 Å². The van der Waals surface area contributed by atoms with Crippen LogP contribution in [0.3, 0.4) is 0 Å². The molecule has 0 aliphatic carbocycles.